The molecule has 0 spiro atoms. The molecule has 0 fully saturated rings. The summed E-state index contributed by atoms with van der Waals surface area (Å²) in [6.07, 6.45) is -0.0637. The van der Waals surface area contributed by atoms with Crippen molar-refractivity contribution in [2.45, 2.75) is 26.8 Å². The number of nitrogens with one attached hydrogen (secondary N) is 1. The normalized spacial score (nSPS) is 10.6. The van der Waals surface area contributed by atoms with E-state index in [9.17, 15) is 9.59 Å². The predicted molar refractivity (Wildman–Crippen MR) is 77.7 cm³/mol. The molecule has 0 bridgehead atoms. The van der Waals surface area contributed by atoms with E-state index in [0.717, 1.165) is 25.2 Å². The number of rotatable bonds is 8. The van der Waals surface area contributed by atoms with Gasteiger partial charge in [-0.05, 0) is 30.8 Å². The first-order valence-corrected chi connectivity index (χ1v) is 6.88. The van der Waals surface area contributed by atoms with E-state index in [0.29, 0.717) is 5.56 Å². The van der Waals surface area contributed by atoms with Gasteiger partial charge < -0.3 is 10.4 Å². The lowest BCUT2D eigenvalue weighted by atomic mass is 10.1. The molecular weight excluding hydrogens is 256 g/mol. The Morgan fingerprint density at radius 1 is 1.15 bits per heavy atom. The third-order valence-electron chi connectivity index (χ3n) is 3.14. The van der Waals surface area contributed by atoms with Crippen LogP contribution in [-0.4, -0.2) is 41.5 Å². The standard InChI is InChI=1S/C15H22N2O3/c1-3-17(4-2)11-12-5-7-13(8-6-12)15(20)16-10-9-14(18)19/h5-8H,3-4,9-11H2,1-2H3,(H,16,20)(H,18,19). The maximum Gasteiger partial charge on any atom is 0.305 e. The molecule has 5 heteroatoms. The molecule has 2 N–H and O–H groups in total. The Bertz CT molecular complexity index is 439. The zero-order valence-corrected chi connectivity index (χ0v) is 12.1. The van der Waals surface area contributed by atoms with E-state index in [2.05, 4.69) is 24.1 Å². The number of benzene rings is 1. The topological polar surface area (TPSA) is 69.6 Å². The zero-order chi connectivity index (χ0) is 15.0. The van der Waals surface area contributed by atoms with Crippen LogP contribution in [0.1, 0.15) is 36.2 Å². The Morgan fingerprint density at radius 2 is 1.75 bits per heavy atom. The fourth-order valence-corrected chi connectivity index (χ4v) is 1.85. The molecule has 0 unspecified atom stereocenters. The van der Waals surface area contributed by atoms with E-state index in [-0.39, 0.29) is 18.9 Å². The van der Waals surface area contributed by atoms with Crippen molar-refractivity contribution in [2.75, 3.05) is 19.6 Å². The van der Waals surface area contributed by atoms with Crippen molar-refractivity contribution in [3.05, 3.63) is 35.4 Å². The second-order valence-corrected chi connectivity index (χ2v) is 4.56. The summed E-state index contributed by atoms with van der Waals surface area (Å²) in [6.45, 7) is 7.24. The number of hydrogen-bond donors (Lipinski definition) is 2. The van der Waals surface area contributed by atoms with Gasteiger partial charge in [-0.1, -0.05) is 26.0 Å². The van der Waals surface area contributed by atoms with Gasteiger partial charge >= 0.3 is 5.97 Å². The zero-order valence-electron chi connectivity index (χ0n) is 12.1. The molecule has 1 aromatic carbocycles. The van der Waals surface area contributed by atoms with Crippen LogP contribution in [0, 0.1) is 0 Å². The van der Waals surface area contributed by atoms with Crippen LogP contribution >= 0.6 is 0 Å². The van der Waals surface area contributed by atoms with Crippen LogP contribution in [0.25, 0.3) is 0 Å². The van der Waals surface area contributed by atoms with Gasteiger partial charge in [0.1, 0.15) is 0 Å². The number of carbonyl (C=O) groups excluding carboxylic acids is 1. The van der Waals surface area contributed by atoms with Crippen LogP contribution < -0.4 is 5.32 Å². The second-order valence-electron chi connectivity index (χ2n) is 4.56. The first-order valence-electron chi connectivity index (χ1n) is 6.88. The number of carboxylic acid groups (broad SMARTS) is 1. The number of amides is 1. The van der Waals surface area contributed by atoms with E-state index >= 15 is 0 Å². The predicted octanol–water partition coefficient (Wildman–Crippen LogP) is 1.73. The highest BCUT2D eigenvalue weighted by atomic mass is 16.4. The first kappa shape index (κ1) is 16.2. The van der Waals surface area contributed by atoms with Crippen molar-refractivity contribution in [3.63, 3.8) is 0 Å². The van der Waals surface area contributed by atoms with Crippen molar-refractivity contribution >= 4 is 11.9 Å². The molecule has 5 nitrogen and oxygen atoms in total. The summed E-state index contributed by atoms with van der Waals surface area (Å²) in [6, 6.07) is 7.42. The van der Waals surface area contributed by atoms with Gasteiger partial charge in [-0.3, -0.25) is 14.5 Å². The second kappa shape index (κ2) is 8.32. The van der Waals surface area contributed by atoms with Gasteiger partial charge in [0, 0.05) is 18.7 Å². The molecular formula is C15H22N2O3. The number of hydrogen-bond acceptors (Lipinski definition) is 3. The number of carbonyl (C=O) groups is 2. The van der Waals surface area contributed by atoms with E-state index in [1.54, 1.807) is 12.1 Å². The summed E-state index contributed by atoms with van der Waals surface area (Å²) in [7, 11) is 0. The molecule has 0 aliphatic heterocycles. The van der Waals surface area contributed by atoms with E-state index in [4.69, 9.17) is 5.11 Å². The molecule has 0 saturated carbocycles. The number of aliphatic carboxylic acids is 1. The lowest BCUT2D eigenvalue weighted by Crippen LogP contribution is -2.26. The smallest absolute Gasteiger partial charge is 0.305 e. The maximum absolute atomic E-state index is 11.8. The quantitative estimate of drug-likeness (QED) is 0.760. The van der Waals surface area contributed by atoms with Crippen molar-refractivity contribution in [3.8, 4) is 0 Å². The summed E-state index contributed by atoms with van der Waals surface area (Å²) >= 11 is 0. The molecule has 110 valence electrons. The Labute approximate surface area is 119 Å². The fourth-order valence-electron chi connectivity index (χ4n) is 1.85. The minimum Gasteiger partial charge on any atom is -0.481 e. The number of carboxylic acids is 1. The van der Waals surface area contributed by atoms with Crippen LogP contribution in [0.2, 0.25) is 0 Å². The lowest BCUT2D eigenvalue weighted by Gasteiger charge is -2.18. The van der Waals surface area contributed by atoms with Gasteiger partial charge in [0.15, 0.2) is 0 Å². The first-order chi connectivity index (χ1) is 9.56. The van der Waals surface area contributed by atoms with Crippen molar-refractivity contribution in [1.82, 2.24) is 10.2 Å². The third kappa shape index (κ3) is 5.40. The maximum atomic E-state index is 11.8. The fraction of sp³-hybridized carbons (Fsp3) is 0.467. The van der Waals surface area contributed by atoms with Gasteiger partial charge in [-0.15, -0.1) is 0 Å². The van der Waals surface area contributed by atoms with Gasteiger partial charge in [0.05, 0.1) is 6.42 Å². The van der Waals surface area contributed by atoms with Crippen LogP contribution in [0.3, 0.4) is 0 Å². The highest BCUT2D eigenvalue weighted by Gasteiger charge is 2.07. The van der Waals surface area contributed by atoms with Gasteiger partial charge in [0.25, 0.3) is 5.91 Å². The Kier molecular flexibility index (Phi) is 6.73. The van der Waals surface area contributed by atoms with E-state index < -0.39 is 5.97 Å². The third-order valence-corrected chi connectivity index (χ3v) is 3.14. The van der Waals surface area contributed by atoms with Crippen LogP contribution in [0.5, 0.6) is 0 Å². The summed E-state index contributed by atoms with van der Waals surface area (Å²) < 4.78 is 0. The Hall–Kier alpha value is -1.88. The summed E-state index contributed by atoms with van der Waals surface area (Å²) in [4.78, 5) is 24.4. The molecule has 1 amide bonds. The molecule has 1 rings (SSSR count). The average Bonchev–Trinajstić information content (AvgIpc) is 2.44. The molecule has 0 saturated heterocycles. The van der Waals surface area contributed by atoms with Crippen LogP contribution in [-0.2, 0) is 11.3 Å². The summed E-state index contributed by atoms with van der Waals surface area (Å²) in [5, 5.41) is 11.1. The Morgan fingerprint density at radius 3 is 2.25 bits per heavy atom. The molecule has 0 aromatic heterocycles. The summed E-state index contributed by atoms with van der Waals surface area (Å²) in [5.74, 6) is -1.15. The van der Waals surface area contributed by atoms with Crippen molar-refractivity contribution < 1.29 is 14.7 Å². The highest BCUT2D eigenvalue weighted by Crippen LogP contribution is 2.07. The molecule has 1 aromatic rings. The minimum atomic E-state index is -0.917. The van der Waals surface area contributed by atoms with E-state index in [1.165, 1.54) is 0 Å². The minimum absolute atomic E-state index is 0.0637. The van der Waals surface area contributed by atoms with Gasteiger partial charge in [0.2, 0.25) is 0 Å². The van der Waals surface area contributed by atoms with E-state index in [1.807, 2.05) is 12.1 Å². The molecule has 20 heavy (non-hydrogen) atoms. The largest absolute Gasteiger partial charge is 0.481 e. The van der Waals surface area contributed by atoms with Crippen LogP contribution in [0.4, 0.5) is 0 Å². The van der Waals surface area contributed by atoms with Gasteiger partial charge in [-0.2, -0.15) is 0 Å². The SMILES string of the molecule is CCN(CC)Cc1ccc(C(=O)NCCC(=O)O)cc1. The van der Waals surface area contributed by atoms with Crippen molar-refractivity contribution in [2.24, 2.45) is 0 Å². The number of nitrogens with zero attached hydrogens (tertiary/aromatic N) is 1. The molecule has 0 heterocycles. The molecule has 0 aliphatic carbocycles. The average molecular weight is 278 g/mol. The molecule has 0 atom stereocenters. The molecule has 0 radical (unpaired) electrons. The summed E-state index contributed by atoms with van der Waals surface area (Å²) in [5.41, 5.74) is 1.72. The highest BCUT2D eigenvalue weighted by molar-refractivity contribution is 5.94. The van der Waals surface area contributed by atoms with Crippen LogP contribution in [0.15, 0.2) is 24.3 Å². The molecule has 0 aliphatic rings. The monoisotopic (exact) mass is 278 g/mol. The van der Waals surface area contributed by atoms with Gasteiger partial charge in [-0.25, -0.2) is 0 Å². The lowest BCUT2D eigenvalue weighted by molar-refractivity contribution is -0.136. The van der Waals surface area contributed by atoms with Crippen molar-refractivity contribution in [1.29, 1.82) is 0 Å². The Balaban J connectivity index is 2.53.